The zero-order valence-corrected chi connectivity index (χ0v) is 39.7. The Kier molecular flexibility index (Phi) is 9.91. The van der Waals surface area contributed by atoms with Crippen LogP contribution < -0.4 is 20.7 Å². The molecular formula is C60H50N6Si. The summed E-state index contributed by atoms with van der Waals surface area (Å²) >= 11 is 0. The molecule has 0 aliphatic rings. The summed E-state index contributed by atoms with van der Waals surface area (Å²) in [5, 5.41) is 19.4. The molecule has 0 fully saturated rings. The van der Waals surface area contributed by atoms with Gasteiger partial charge in [0.15, 0.2) is 13.9 Å². The van der Waals surface area contributed by atoms with Gasteiger partial charge in [0.1, 0.15) is 0 Å². The monoisotopic (exact) mass is 882 g/mol. The SMILES string of the molecule is CC(C)(C)c1ccc2c(c1)c1cc(C(C)(C)C)ccc1n2-c1nc(-c2cccc([Si](c3ccccc3)(c3ccccc3)c3ccccc3)c2)nc(-n2c3ccccc3c3cc(C#N)ccc32)n1. The van der Waals surface area contributed by atoms with Gasteiger partial charge >= 0.3 is 0 Å². The second-order valence-electron chi connectivity index (χ2n) is 19.7. The van der Waals surface area contributed by atoms with Crippen LogP contribution in [0.3, 0.4) is 0 Å². The highest BCUT2D eigenvalue weighted by Crippen LogP contribution is 2.38. The maximum Gasteiger partial charge on any atom is 0.240 e. The Morgan fingerprint density at radius 3 is 1.33 bits per heavy atom. The summed E-state index contributed by atoms with van der Waals surface area (Å²) in [4.78, 5) is 16.5. The van der Waals surface area contributed by atoms with Crippen molar-refractivity contribution in [3.8, 4) is 29.4 Å². The molecule has 0 atom stereocenters. The van der Waals surface area contributed by atoms with Gasteiger partial charge in [-0.1, -0.05) is 187 Å². The normalized spacial score (nSPS) is 12.3. The summed E-state index contributed by atoms with van der Waals surface area (Å²) in [7, 11) is -2.90. The van der Waals surface area contributed by atoms with Gasteiger partial charge in [-0.05, 0) is 91.2 Å². The summed E-state index contributed by atoms with van der Waals surface area (Å²) < 4.78 is 4.35. The largest absolute Gasteiger partial charge is 0.278 e. The molecule has 67 heavy (non-hydrogen) atoms. The first-order valence-corrected chi connectivity index (χ1v) is 25.0. The van der Waals surface area contributed by atoms with Crippen LogP contribution in [0, 0.1) is 11.3 Å². The van der Waals surface area contributed by atoms with Crippen molar-refractivity contribution < 1.29 is 0 Å². The van der Waals surface area contributed by atoms with E-state index < -0.39 is 8.07 Å². The summed E-state index contributed by atoms with van der Waals surface area (Å²) in [6.07, 6.45) is 0. The Bertz CT molecular complexity index is 3550. The van der Waals surface area contributed by atoms with Crippen LogP contribution in [0.4, 0.5) is 0 Å². The molecule has 11 rings (SSSR count). The van der Waals surface area contributed by atoms with E-state index >= 15 is 0 Å². The van der Waals surface area contributed by atoms with E-state index in [1.807, 2.05) is 30.3 Å². The predicted octanol–water partition coefficient (Wildman–Crippen LogP) is 11.6. The zero-order valence-electron chi connectivity index (χ0n) is 38.7. The average molecular weight is 883 g/mol. The van der Waals surface area contributed by atoms with Crippen molar-refractivity contribution in [2.75, 3.05) is 0 Å². The maximum atomic E-state index is 10.0. The van der Waals surface area contributed by atoms with E-state index in [0.29, 0.717) is 23.3 Å². The molecule has 0 saturated heterocycles. The molecule has 0 saturated carbocycles. The van der Waals surface area contributed by atoms with Crippen molar-refractivity contribution in [1.82, 2.24) is 24.1 Å². The fraction of sp³-hybridized carbons (Fsp3) is 0.133. The molecule has 0 aliphatic heterocycles. The Labute approximate surface area is 392 Å². The first-order valence-electron chi connectivity index (χ1n) is 23.0. The van der Waals surface area contributed by atoms with Crippen LogP contribution >= 0.6 is 0 Å². The lowest BCUT2D eigenvalue weighted by Gasteiger charge is -2.34. The van der Waals surface area contributed by atoms with Crippen molar-refractivity contribution in [3.63, 3.8) is 0 Å². The summed E-state index contributed by atoms with van der Waals surface area (Å²) in [5.74, 6) is 1.58. The van der Waals surface area contributed by atoms with Gasteiger partial charge in [-0.3, -0.25) is 9.13 Å². The van der Waals surface area contributed by atoms with Gasteiger partial charge in [-0.15, -0.1) is 0 Å². The number of nitrogens with zero attached hydrogens (tertiary/aromatic N) is 6. The van der Waals surface area contributed by atoms with E-state index in [1.54, 1.807) is 0 Å². The van der Waals surface area contributed by atoms with Gasteiger partial charge < -0.3 is 0 Å². The lowest BCUT2D eigenvalue weighted by atomic mass is 9.85. The number of para-hydroxylation sites is 1. The molecule has 11 aromatic rings. The van der Waals surface area contributed by atoms with E-state index in [9.17, 15) is 5.26 Å². The summed E-state index contributed by atoms with van der Waals surface area (Å²) in [6, 6.07) is 72.0. The topological polar surface area (TPSA) is 72.3 Å². The molecular weight excluding hydrogens is 833 g/mol. The molecule has 0 unspecified atom stereocenters. The minimum atomic E-state index is -2.90. The van der Waals surface area contributed by atoms with E-state index in [0.717, 1.165) is 49.2 Å². The van der Waals surface area contributed by atoms with Gasteiger partial charge in [0.25, 0.3) is 0 Å². The van der Waals surface area contributed by atoms with E-state index in [1.165, 1.54) is 31.9 Å². The highest BCUT2D eigenvalue weighted by Gasteiger charge is 2.41. The molecule has 0 amide bonds. The molecule has 3 heterocycles. The van der Waals surface area contributed by atoms with Crippen LogP contribution in [0.25, 0.3) is 66.9 Å². The molecule has 3 aromatic heterocycles. The Morgan fingerprint density at radius 2 is 0.836 bits per heavy atom. The highest BCUT2D eigenvalue weighted by atomic mass is 28.3. The van der Waals surface area contributed by atoms with E-state index in [4.69, 9.17) is 15.0 Å². The van der Waals surface area contributed by atoms with Crippen molar-refractivity contribution in [1.29, 1.82) is 5.26 Å². The van der Waals surface area contributed by atoms with Crippen LogP contribution in [0.15, 0.2) is 194 Å². The third kappa shape index (κ3) is 6.95. The summed E-state index contributed by atoms with van der Waals surface area (Å²) in [6.45, 7) is 13.6. The number of fused-ring (bicyclic) bond motifs is 6. The quantitative estimate of drug-likeness (QED) is 0.118. The van der Waals surface area contributed by atoms with Crippen molar-refractivity contribution >= 4 is 72.4 Å². The first kappa shape index (κ1) is 41.8. The smallest absolute Gasteiger partial charge is 0.240 e. The summed E-state index contributed by atoms with van der Waals surface area (Å²) in [5.41, 5.74) is 7.81. The van der Waals surface area contributed by atoms with Gasteiger partial charge in [0.2, 0.25) is 11.9 Å². The van der Waals surface area contributed by atoms with Crippen molar-refractivity contribution in [2.45, 2.75) is 52.4 Å². The van der Waals surface area contributed by atoms with Crippen molar-refractivity contribution in [2.24, 2.45) is 0 Å². The fourth-order valence-corrected chi connectivity index (χ4v) is 14.9. The number of hydrogen-bond donors (Lipinski definition) is 0. The Balaban J connectivity index is 1.24. The van der Waals surface area contributed by atoms with Crippen LogP contribution in [0.2, 0.25) is 0 Å². The lowest BCUT2D eigenvalue weighted by Crippen LogP contribution is -2.74. The number of aromatic nitrogens is 5. The predicted molar refractivity (Wildman–Crippen MR) is 280 cm³/mol. The number of nitriles is 1. The minimum Gasteiger partial charge on any atom is -0.278 e. The molecule has 0 spiro atoms. The van der Waals surface area contributed by atoms with Gasteiger partial charge in [-0.25, -0.2) is 0 Å². The van der Waals surface area contributed by atoms with Crippen LogP contribution in [0.5, 0.6) is 0 Å². The third-order valence-corrected chi connectivity index (χ3v) is 18.3. The average Bonchev–Trinajstić information content (AvgIpc) is 3.86. The number of rotatable bonds is 7. The molecule has 0 radical (unpaired) electrons. The van der Waals surface area contributed by atoms with Crippen molar-refractivity contribution in [3.05, 3.63) is 211 Å². The number of benzene rings is 8. The molecule has 0 bridgehead atoms. The molecule has 6 nitrogen and oxygen atoms in total. The fourth-order valence-electron chi connectivity index (χ4n) is 10.1. The zero-order chi connectivity index (χ0) is 46.1. The van der Waals surface area contributed by atoms with E-state index in [-0.39, 0.29) is 10.8 Å². The minimum absolute atomic E-state index is 0.0531. The van der Waals surface area contributed by atoms with Crippen LogP contribution in [-0.2, 0) is 10.8 Å². The molecule has 0 N–H and O–H groups in total. The van der Waals surface area contributed by atoms with Gasteiger partial charge in [0, 0.05) is 27.1 Å². The van der Waals surface area contributed by atoms with E-state index in [2.05, 4.69) is 221 Å². The maximum absolute atomic E-state index is 10.0. The molecule has 8 aromatic carbocycles. The first-order chi connectivity index (χ1) is 32.4. The Morgan fingerprint density at radius 1 is 0.403 bits per heavy atom. The number of hydrogen-bond acceptors (Lipinski definition) is 4. The molecule has 0 aliphatic carbocycles. The van der Waals surface area contributed by atoms with Gasteiger partial charge in [-0.2, -0.15) is 20.2 Å². The van der Waals surface area contributed by atoms with Gasteiger partial charge in [0.05, 0.1) is 33.7 Å². The molecule has 7 heteroatoms. The third-order valence-electron chi connectivity index (χ3n) is 13.5. The Hall–Kier alpha value is -7.92. The second-order valence-corrected chi connectivity index (χ2v) is 23.5. The second kappa shape index (κ2) is 15.9. The lowest BCUT2D eigenvalue weighted by molar-refractivity contribution is 0.590. The standard InChI is InChI=1S/C60H50N6Si/c1-59(2,3)42-30-33-54-50(37-42)51-38-43(60(4,5)6)31-34-55(51)66(54)58-63-56(62-57(64-58)65-52-28-17-16-27-48(52)49-35-40(39-61)29-32-53(49)65)41-19-18-26-47(36-41)67(44-20-10-7-11-21-44,45-22-12-8-13-23-45)46-24-14-9-15-25-46/h7-38H,1-6H3. The molecule has 324 valence electrons. The van der Waals surface area contributed by atoms with Crippen LogP contribution in [-0.4, -0.2) is 32.2 Å². The van der Waals surface area contributed by atoms with Crippen LogP contribution in [0.1, 0.15) is 58.2 Å². The highest BCUT2D eigenvalue weighted by molar-refractivity contribution is 7.19.